The molecule has 0 fully saturated rings. The van der Waals surface area contributed by atoms with Crippen LogP contribution in [-0.2, 0) is 6.54 Å². The van der Waals surface area contributed by atoms with Crippen LogP contribution >= 0.6 is 0 Å². The van der Waals surface area contributed by atoms with Crippen LogP contribution in [0.15, 0.2) is 73.1 Å². The summed E-state index contributed by atoms with van der Waals surface area (Å²) in [5.41, 5.74) is 4.36. The van der Waals surface area contributed by atoms with Gasteiger partial charge in [-0.1, -0.05) is 48.0 Å². The summed E-state index contributed by atoms with van der Waals surface area (Å²) in [5.74, 6) is -0.178. The van der Waals surface area contributed by atoms with Crippen molar-refractivity contribution < 1.29 is 4.79 Å². The molecule has 0 aliphatic rings. The fourth-order valence-electron chi connectivity index (χ4n) is 2.36. The minimum Gasteiger partial charge on any atom is -0.380 e. The summed E-state index contributed by atoms with van der Waals surface area (Å²) < 4.78 is 0. The zero-order valence-electron chi connectivity index (χ0n) is 13.5. The third-order valence-electron chi connectivity index (χ3n) is 3.70. The van der Waals surface area contributed by atoms with Crippen molar-refractivity contribution in [1.82, 2.24) is 4.98 Å². The number of carbonyl (C=O) groups is 1. The predicted octanol–water partition coefficient (Wildman–Crippen LogP) is 4.25. The first kappa shape index (κ1) is 15.7. The zero-order chi connectivity index (χ0) is 16.8. The van der Waals surface area contributed by atoms with E-state index < -0.39 is 0 Å². The average Bonchev–Trinajstić information content (AvgIpc) is 2.63. The molecule has 2 N–H and O–H groups in total. The normalized spacial score (nSPS) is 10.2. The smallest absolute Gasteiger partial charge is 0.259 e. The lowest BCUT2D eigenvalue weighted by Gasteiger charge is -2.12. The van der Waals surface area contributed by atoms with Crippen molar-refractivity contribution in [2.75, 3.05) is 10.6 Å². The van der Waals surface area contributed by atoms with Gasteiger partial charge in [0.2, 0.25) is 0 Å². The molecule has 24 heavy (non-hydrogen) atoms. The van der Waals surface area contributed by atoms with E-state index in [-0.39, 0.29) is 5.91 Å². The first-order chi connectivity index (χ1) is 11.7. The number of hydrogen-bond acceptors (Lipinski definition) is 3. The van der Waals surface area contributed by atoms with E-state index in [0.717, 1.165) is 22.5 Å². The number of aromatic nitrogens is 1. The number of anilines is 2. The molecule has 0 aliphatic heterocycles. The highest BCUT2D eigenvalue weighted by Crippen LogP contribution is 2.17. The second-order valence-corrected chi connectivity index (χ2v) is 5.58. The molecule has 0 bridgehead atoms. The summed E-state index contributed by atoms with van der Waals surface area (Å²) >= 11 is 0. The molecule has 0 saturated heterocycles. The maximum atomic E-state index is 12.5. The summed E-state index contributed by atoms with van der Waals surface area (Å²) in [5, 5.41) is 6.21. The Balaban J connectivity index is 1.73. The van der Waals surface area contributed by atoms with E-state index >= 15 is 0 Å². The minimum absolute atomic E-state index is 0.178. The third kappa shape index (κ3) is 3.98. The molecular weight excluding hydrogens is 298 g/mol. The van der Waals surface area contributed by atoms with E-state index in [0.29, 0.717) is 12.1 Å². The molecule has 1 aromatic heterocycles. The minimum atomic E-state index is -0.178. The fraction of sp³-hybridized carbons (Fsp3) is 0.100. The van der Waals surface area contributed by atoms with Crippen LogP contribution in [0, 0.1) is 6.92 Å². The van der Waals surface area contributed by atoms with Crippen molar-refractivity contribution in [2.24, 2.45) is 0 Å². The van der Waals surface area contributed by atoms with Crippen LogP contribution in [0.5, 0.6) is 0 Å². The van der Waals surface area contributed by atoms with Crippen LogP contribution in [0.4, 0.5) is 11.4 Å². The number of carbonyl (C=O) groups excluding carboxylic acids is 1. The average molecular weight is 317 g/mol. The highest BCUT2D eigenvalue weighted by atomic mass is 16.1. The molecule has 2 aromatic carbocycles. The lowest BCUT2D eigenvalue weighted by atomic mass is 10.1. The molecular formula is C20H19N3O. The molecule has 0 aliphatic carbocycles. The van der Waals surface area contributed by atoms with E-state index in [2.05, 4.69) is 15.6 Å². The first-order valence-corrected chi connectivity index (χ1v) is 7.82. The number of nitrogens with one attached hydrogen (secondary N) is 2. The number of amides is 1. The maximum Gasteiger partial charge on any atom is 0.259 e. The Morgan fingerprint density at radius 3 is 2.50 bits per heavy atom. The van der Waals surface area contributed by atoms with E-state index in [1.165, 1.54) is 0 Å². The number of rotatable bonds is 5. The molecule has 0 unspecified atom stereocenters. The largest absolute Gasteiger partial charge is 0.380 e. The SMILES string of the molecule is Cc1ccc(NC(=O)c2cnccc2NCc2ccccc2)cc1. The molecule has 0 saturated carbocycles. The van der Waals surface area contributed by atoms with Crippen LogP contribution < -0.4 is 10.6 Å². The van der Waals surface area contributed by atoms with E-state index in [1.54, 1.807) is 12.4 Å². The highest BCUT2D eigenvalue weighted by molar-refractivity contribution is 6.07. The molecule has 4 heteroatoms. The van der Waals surface area contributed by atoms with Crippen LogP contribution in [-0.4, -0.2) is 10.9 Å². The second-order valence-electron chi connectivity index (χ2n) is 5.58. The monoisotopic (exact) mass is 317 g/mol. The van der Waals surface area contributed by atoms with Crippen molar-refractivity contribution in [3.63, 3.8) is 0 Å². The Bertz CT molecular complexity index is 814. The number of nitrogens with zero attached hydrogens (tertiary/aromatic N) is 1. The van der Waals surface area contributed by atoms with Gasteiger partial charge < -0.3 is 10.6 Å². The number of hydrogen-bond donors (Lipinski definition) is 2. The third-order valence-corrected chi connectivity index (χ3v) is 3.70. The van der Waals surface area contributed by atoms with Crippen molar-refractivity contribution in [1.29, 1.82) is 0 Å². The number of benzene rings is 2. The molecule has 1 heterocycles. The van der Waals surface area contributed by atoms with E-state index in [4.69, 9.17) is 0 Å². The van der Waals surface area contributed by atoms with Gasteiger partial charge in [0.1, 0.15) is 0 Å². The Hall–Kier alpha value is -3.14. The number of aryl methyl sites for hydroxylation is 1. The Morgan fingerprint density at radius 2 is 1.75 bits per heavy atom. The Morgan fingerprint density at radius 1 is 1.00 bits per heavy atom. The summed E-state index contributed by atoms with van der Waals surface area (Å²) in [7, 11) is 0. The van der Waals surface area contributed by atoms with Gasteiger partial charge in [0.15, 0.2) is 0 Å². The fourth-order valence-corrected chi connectivity index (χ4v) is 2.36. The van der Waals surface area contributed by atoms with Gasteiger partial charge >= 0.3 is 0 Å². The van der Waals surface area contributed by atoms with Gasteiger partial charge in [-0.25, -0.2) is 0 Å². The molecule has 3 aromatic rings. The first-order valence-electron chi connectivity index (χ1n) is 7.82. The number of pyridine rings is 1. The Kier molecular flexibility index (Phi) is 4.87. The molecule has 1 amide bonds. The lowest BCUT2D eigenvalue weighted by molar-refractivity contribution is 0.102. The highest BCUT2D eigenvalue weighted by Gasteiger charge is 2.11. The second kappa shape index (κ2) is 7.42. The summed E-state index contributed by atoms with van der Waals surface area (Å²) in [6, 6.07) is 19.6. The van der Waals surface area contributed by atoms with Crippen LogP contribution in [0.3, 0.4) is 0 Å². The van der Waals surface area contributed by atoms with Crippen LogP contribution in [0.25, 0.3) is 0 Å². The van der Waals surface area contributed by atoms with E-state index in [9.17, 15) is 4.79 Å². The predicted molar refractivity (Wildman–Crippen MR) is 97.1 cm³/mol. The standard InChI is InChI=1S/C20H19N3O/c1-15-7-9-17(10-8-15)23-20(24)18-14-21-12-11-19(18)22-13-16-5-3-2-4-6-16/h2-12,14H,13H2,1H3,(H,21,22)(H,23,24). The summed E-state index contributed by atoms with van der Waals surface area (Å²) in [4.78, 5) is 16.6. The summed E-state index contributed by atoms with van der Waals surface area (Å²) in [6.07, 6.45) is 3.26. The molecule has 120 valence electrons. The van der Waals surface area contributed by atoms with Gasteiger partial charge in [0.05, 0.1) is 11.3 Å². The molecule has 0 atom stereocenters. The maximum absolute atomic E-state index is 12.5. The van der Waals surface area contributed by atoms with Gasteiger partial charge in [0, 0.05) is 24.6 Å². The van der Waals surface area contributed by atoms with Crippen molar-refractivity contribution >= 4 is 17.3 Å². The van der Waals surface area contributed by atoms with Gasteiger partial charge in [-0.15, -0.1) is 0 Å². The van der Waals surface area contributed by atoms with Crippen molar-refractivity contribution in [2.45, 2.75) is 13.5 Å². The molecule has 3 rings (SSSR count). The lowest BCUT2D eigenvalue weighted by Crippen LogP contribution is -2.15. The van der Waals surface area contributed by atoms with Crippen LogP contribution in [0.1, 0.15) is 21.5 Å². The zero-order valence-corrected chi connectivity index (χ0v) is 13.5. The van der Waals surface area contributed by atoms with Gasteiger partial charge in [0.25, 0.3) is 5.91 Å². The van der Waals surface area contributed by atoms with E-state index in [1.807, 2.05) is 67.6 Å². The van der Waals surface area contributed by atoms with Crippen molar-refractivity contribution in [3.05, 3.63) is 89.7 Å². The molecule has 4 nitrogen and oxygen atoms in total. The van der Waals surface area contributed by atoms with Gasteiger partial charge in [-0.2, -0.15) is 0 Å². The topological polar surface area (TPSA) is 54.0 Å². The van der Waals surface area contributed by atoms with Crippen molar-refractivity contribution in [3.8, 4) is 0 Å². The molecule has 0 radical (unpaired) electrons. The van der Waals surface area contributed by atoms with Gasteiger partial charge in [-0.05, 0) is 30.7 Å². The Labute approximate surface area is 141 Å². The van der Waals surface area contributed by atoms with Gasteiger partial charge in [-0.3, -0.25) is 9.78 Å². The summed E-state index contributed by atoms with van der Waals surface area (Å²) in [6.45, 7) is 2.66. The molecule has 0 spiro atoms. The van der Waals surface area contributed by atoms with Crippen LogP contribution in [0.2, 0.25) is 0 Å². The quantitative estimate of drug-likeness (QED) is 0.739.